The Labute approximate surface area is 313 Å². The maximum absolute atomic E-state index is 6.49. The van der Waals surface area contributed by atoms with Gasteiger partial charge in [0.05, 0.1) is 11.0 Å². The Hall–Kier alpha value is -6.72. The minimum atomic E-state index is -0.468. The second-order valence-corrected chi connectivity index (χ2v) is 15.1. The Morgan fingerprint density at radius 3 is 1.81 bits per heavy atom. The van der Waals surface area contributed by atoms with Crippen molar-refractivity contribution >= 4 is 55.4 Å². The normalized spacial score (nSPS) is 13.8. The molecule has 1 N–H and O–H groups in total. The third-order valence-electron chi connectivity index (χ3n) is 10.6. The fourth-order valence-electron chi connectivity index (χ4n) is 7.86. The van der Waals surface area contributed by atoms with Gasteiger partial charge in [-0.05, 0) is 70.6 Å². The van der Waals surface area contributed by atoms with E-state index in [9.17, 15) is 0 Å². The summed E-state index contributed by atoms with van der Waals surface area (Å²) in [5.41, 5.74) is 11.9. The van der Waals surface area contributed by atoms with Crippen LogP contribution in [0, 0.1) is 0 Å². The zero-order valence-electron chi connectivity index (χ0n) is 30.4. The highest BCUT2D eigenvalue weighted by atomic mass is 16.3. The van der Waals surface area contributed by atoms with E-state index >= 15 is 0 Å². The lowest BCUT2D eigenvalue weighted by Gasteiger charge is -2.22. The summed E-state index contributed by atoms with van der Waals surface area (Å²) in [7, 11) is 0. The number of hydrogen-bond donors (Lipinski definition) is 1. The fraction of sp³-hybridized carbons (Fsp3) is 0.102. The van der Waals surface area contributed by atoms with Crippen molar-refractivity contribution in [1.29, 1.82) is 0 Å². The largest absolute Gasteiger partial charge is 0.456 e. The van der Waals surface area contributed by atoms with Crippen LogP contribution < -0.4 is 5.32 Å². The number of aliphatic imine (C=N–C) groups is 2. The maximum atomic E-state index is 6.49. The first kappa shape index (κ1) is 32.0. The molecule has 0 aliphatic carbocycles. The van der Waals surface area contributed by atoms with Crippen LogP contribution in [0.5, 0.6) is 0 Å². The van der Waals surface area contributed by atoms with Gasteiger partial charge in [0, 0.05) is 43.9 Å². The zero-order chi connectivity index (χ0) is 36.4. The summed E-state index contributed by atoms with van der Waals surface area (Å²) in [6.45, 7) is 6.77. The van der Waals surface area contributed by atoms with Crippen LogP contribution in [0.15, 0.2) is 178 Å². The van der Waals surface area contributed by atoms with Gasteiger partial charge in [0.15, 0.2) is 6.17 Å². The van der Waals surface area contributed by atoms with E-state index in [2.05, 4.69) is 146 Å². The molecule has 10 rings (SSSR count). The van der Waals surface area contributed by atoms with Crippen molar-refractivity contribution in [3.8, 4) is 16.8 Å². The Morgan fingerprint density at radius 1 is 0.519 bits per heavy atom. The van der Waals surface area contributed by atoms with E-state index in [1.165, 1.54) is 27.4 Å². The molecule has 0 atom stereocenters. The first-order chi connectivity index (χ1) is 26.4. The van der Waals surface area contributed by atoms with Crippen molar-refractivity contribution in [2.45, 2.75) is 32.4 Å². The number of benzene rings is 7. The molecule has 3 heterocycles. The van der Waals surface area contributed by atoms with Crippen LogP contribution in [0.25, 0.3) is 60.6 Å². The molecule has 260 valence electrons. The standard InChI is InChI=1S/C49H38N4O/c1-49(2,3)35-23-25-36(26-24-35)53-41-19-11-10-17-37(41)39-29-33(21-27-42(39)53)34-22-28-43-40(30-34)45-38(18-12-20-44(45)54-43)48-51-46(31-13-6-4-7-14-31)50-47(52-48)32-15-8-5-9-16-32/h4-30,48H,1-3H3,(H,50,51,52). The van der Waals surface area contributed by atoms with Crippen LogP contribution in [0.3, 0.4) is 0 Å². The summed E-state index contributed by atoms with van der Waals surface area (Å²) in [5, 5.41) is 8.05. The van der Waals surface area contributed by atoms with Gasteiger partial charge in [-0.1, -0.05) is 136 Å². The molecule has 2 aromatic heterocycles. The van der Waals surface area contributed by atoms with Gasteiger partial charge < -0.3 is 14.3 Å². The summed E-state index contributed by atoms with van der Waals surface area (Å²) in [5.74, 6) is 1.58. The average Bonchev–Trinajstić information content (AvgIpc) is 3.76. The summed E-state index contributed by atoms with van der Waals surface area (Å²) in [4.78, 5) is 10.4. The molecule has 0 spiro atoms. The van der Waals surface area contributed by atoms with Crippen LogP contribution in [-0.2, 0) is 5.41 Å². The molecule has 0 bridgehead atoms. The van der Waals surface area contributed by atoms with Gasteiger partial charge in [0.1, 0.15) is 22.8 Å². The molecule has 7 aromatic carbocycles. The third-order valence-corrected chi connectivity index (χ3v) is 10.6. The number of nitrogens with zero attached hydrogens (tertiary/aromatic N) is 3. The number of nitrogens with one attached hydrogen (secondary N) is 1. The molecular formula is C49H38N4O. The number of furan rings is 1. The summed E-state index contributed by atoms with van der Waals surface area (Å²) < 4.78 is 8.87. The predicted molar refractivity (Wildman–Crippen MR) is 224 cm³/mol. The highest BCUT2D eigenvalue weighted by Gasteiger charge is 2.24. The average molecular weight is 699 g/mol. The van der Waals surface area contributed by atoms with E-state index in [0.717, 1.165) is 67.1 Å². The summed E-state index contributed by atoms with van der Waals surface area (Å²) in [6, 6.07) is 57.8. The number of hydrogen-bond acceptors (Lipinski definition) is 4. The molecule has 0 unspecified atom stereocenters. The zero-order valence-corrected chi connectivity index (χ0v) is 30.4. The molecule has 5 heteroatoms. The highest BCUT2D eigenvalue weighted by molar-refractivity contribution is 6.16. The van der Waals surface area contributed by atoms with E-state index in [4.69, 9.17) is 14.4 Å². The topological polar surface area (TPSA) is 54.8 Å². The van der Waals surface area contributed by atoms with Crippen LogP contribution in [-0.4, -0.2) is 16.2 Å². The van der Waals surface area contributed by atoms with Crippen LogP contribution in [0.2, 0.25) is 0 Å². The van der Waals surface area contributed by atoms with Crippen molar-refractivity contribution in [3.05, 3.63) is 186 Å². The molecule has 9 aromatic rings. The lowest BCUT2D eigenvalue weighted by molar-refractivity contribution is 0.590. The second kappa shape index (κ2) is 12.5. The van der Waals surface area contributed by atoms with Crippen molar-refractivity contribution in [2.24, 2.45) is 9.98 Å². The minimum Gasteiger partial charge on any atom is -0.456 e. The maximum Gasteiger partial charge on any atom is 0.170 e. The second-order valence-electron chi connectivity index (χ2n) is 15.1. The van der Waals surface area contributed by atoms with E-state index in [1.807, 2.05) is 48.5 Å². The first-order valence-corrected chi connectivity index (χ1v) is 18.5. The number of fused-ring (bicyclic) bond motifs is 6. The van der Waals surface area contributed by atoms with E-state index in [-0.39, 0.29) is 5.41 Å². The van der Waals surface area contributed by atoms with Crippen molar-refractivity contribution < 1.29 is 4.42 Å². The molecule has 0 saturated heterocycles. The van der Waals surface area contributed by atoms with Gasteiger partial charge in [0.25, 0.3) is 0 Å². The van der Waals surface area contributed by atoms with Gasteiger partial charge >= 0.3 is 0 Å². The fourth-order valence-corrected chi connectivity index (χ4v) is 7.86. The molecule has 0 amide bonds. The molecule has 0 saturated carbocycles. The molecule has 54 heavy (non-hydrogen) atoms. The lowest BCUT2D eigenvalue weighted by atomic mass is 9.87. The molecule has 0 fully saturated rings. The van der Waals surface area contributed by atoms with Gasteiger partial charge in [-0.15, -0.1) is 0 Å². The lowest BCUT2D eigenvalue weighted by Crippen LogP contribution is -2.36. The molecule has 5 nitrogen and oxygen atoms in total. The van der Waals surface area contributed by atoms with Crippen LogP contribution >= 0.6 is 0 Å². The number of amidine groups is 2. The smallest absolute Gasteiger partial charge is 0.170 e. The SMILES string of the molecule is CC(C)(C)c1ccc(-n2c3ccccc3c3cc(-c4ccc5oc6cccc(C7N=C(c8ccccc8)NC(c8ccccc8)=N7)c6c5c4)ccc32)cc1. The molecule has 1 aliphatic rings. The Bertz CT molecular complexity index is 2870. The third kappa shape index (κ3) is 5.40. The van der Waals surface area contributed by atoms with Crippen molar-refractivity contribution in [3.63, 3.8) is 0 Å². The van der Waals surface area contributed by atoms with E-state index in [1.54, 1.807) is 0 Å². The van der Waals surface area contributed by atoms with Gasteiger partial charge in [-0.25, -0.2) is 9.98 Å². The number of rotatable bonds is 5. The van der Waals surface area contributed by atoms with Crippen molar-refractivity contribution in [2.75, 3.05) is 0 Å². The molecular weight excluding hydrogens is 661 g/mol. The Morgan fingerprint density at radius 2 is 1.13 bits per heavy atom. The van der Waals surface area contributed by atoms with Gasteiger partial charge in [-0.2, -0.15) is 0 Å². The monoisotopic (exact) mass is 698 g/mol. The molecule has 0 radical (unpaired) electrons. The van der Waals surface area contributed by atoms with Gasteiger partial charge in [0.2, 0.25) is 0 Å². The van der Waals surface area contributed by atoms with Crippen LogP contribution in [0.1, 0.15) is 49.2 Å². The Kier molecular flexibility index (Phi) is 7.37. The predicted octanol–water partition coefficient (Wildman–Crippen LogP) is 12.1. The van der Waals surface area contributed by atoms with E-state index < -0.39 is 6.17 Å². The highest BCUT2D eigenvalue weighted by Crippen LogP contribution is 2.40. The number of para-hydroxylation sites is 1. The summed E-state index contributed by atoms with van der Waals surface area (Å²) in [6.07, 6.45) is -0.468. The van der Waals surface area contributed by atoms with Crippen LogP contribution in [0.4, 0.5) is 0 Å². The quantitative estimate of drug-likeness (QED) is 0.194. The Balaban J connectivity index is 1.11. The van der Waals surface area contributed by atoms with Crippen molar-refractivity contribution in [1.82, 2.24) is 9.88 Å². The first-order valence-electron chi connectivity index (χ1n) is 18.5. The molecule has 1 aliphatic heterocycles. The van der Waals surface area contributed by atoms with Gasteiger partial charge in [-0.3, -0.25) is 0 Å². The summed E-state index contributed by atoms with van der Waals surface area (Å²) >= 11 is 0. The minimum absolute atomic E-state index is 0.0979. The number of aromatic nitrogens is 1. The van der Waals surface area contributed by atoms with E-state index in [0.29, 0.717) is 0 Å².